The van der Waals surface area contributed by atoms with E-state index in [4.69, 9.17) is 5.10 Å². The van der Waals surface area contributed by atoms with Crippen LogP contribution >= 0.6 is 0 Å². The highest BCUT2D eigenvalue weighted by Gasteiger charge is 2.15. The van der Waals surface area contributed by atoms with Gasteiger partial charge in [0.1, 0.15) is 0 Å². The van der Waals surface area contributed by atoms with Crippen molar-refractivity contribution < 1.29 is 5.11 Å². The summed E-state index contributed by atoms with van der Waals surface area (Å²) in [6, 6.07) is 26.2. The number of rotatable bonds is 3. The van der Waals surface area contributed by atoms with Gasteiger partial charge in [-0.15, -0.1) is 0 Å². The lowest BCUT2D eigenvalue weighted by Gasteiger charge is -2.07. The number of benzene rings is 2. The van der Waals surface area contributed by atoms with E-state index in [2.05, 4.69) is 0 Å². The topological polar surface area (TPSA) is 55.1 Å². The highest BCUT2D eigenvalue weighted by Crippen LogP contribution is 2.31. The number of aryl methyl sites for hydroxylation is 1. The van der Waals surface area contributed by atoms with Crippen molar-refractivity contribution in [2.45, 2.75) is 6.92 Å². The lowest BCUT2D eigenvalue weighted by atomic mass is 10.1. The molecule has 3 aromatic carbocycles. The van der Waals surface area contributed by atoms with Crippen LogP contribution in [0.3, 0.4) is 0 Å². The van der Waals surface area contributed by atoms with E-state index in [0.29, 0.717) is 11.3 Å². The Morgan fingerprint density at radius 2 is 1.52 bits per heavy atom. The first-order chi connectivity index (χ1) is 13.1. The fourth-order valence-electron chi connectivity index (χ4n) is 3.00. The van der Waals surface area contributed by atoms with Crippen molar-refractivity contribution in [2.24, 2.45) is 0 Å². The Morgan fingerprint density at radius 1 is 0.852 bits per heavy atom. The molecule has 4 aromatic rings. The first kappa shape index (κ1) is 16.8. The molecule has 1 aromatic heterocycles. The fourth-order valence-corrected chi connectivity index (χ4v) is 3.00. The summed E-state index contributed by atoms with van der Waals surface area (Å²) >= 11 is 0. The molecule has 0 fully saturated rings. The largest absolute Gasteiger partial charge is 0.504 e. The minimum Gasteiger partial charge on any atom is -0.504 e. The van der Waals surface area contributed by atoms with E-state index in [-0.39, 0.29) is 5.75 Å². The third-order valence-corrected chi connectivity index (χ3v) is 4.44. The van der Waals surface area contributed by atoms with E-state index in [9.17, 15) is 9.90 Å². The summed E-state index contributed by atoms with van der Waals surface area (Å²) in [5.74, 6) is -0.298. The van der Waals surface area contributed by atoms with Gasteiger partial charge in [-0.3, -0.25) is 4.79 Å². The van der Waals surface area contributed by atoms with Gasteiger partial charge in [-0.1, -0.05) is 60.2 Å². The third kappa shape index (κ3) is 3.25. The Bertz CT molecular complexity index is 1150. The van der Waals surface area contributed by atoms with E-state index < -0.39 is 5.43 Å². The number of hydrogen-bond donors (Lipinski definition) is 1. The maximum atomic E-state index is 12.0. The van der Waals surface area contributed by atoms with Crippen molar-refractivity contribution in [3.8, 4) is 34.0 Å². The monoisotopic (exact) mass is 354 g/mol. The zero-order chi connectivity index (χ0) is 18.8. The van der Waals surface area contributed by atoms with Crippen LogP contribution in [-0.2, 0) is 0 Å². The van der Waals surface area contributed by atoms with Crippen LogP contribution < -0.4 is 5.43 Å². The van der Waals surface area contributed by atoms with Gasteiger partial charge in [-0.2, -0.15) is 5.10 Å². The van der Waals surface area contributed by atoms with Crippen LogP contribution in [0.15, 0.2) is 89.7 Å². The molecule has 0 radical (unpaired) electrons. The van der Waals surface area contributed by atoms with Crippen LogP contribution in [0.2, 0.25) is 0 Å². The van der Waals surface area contributed by atoms with Gasteiger partial charge >= 0.3 is 0 Å². The molecule has 0 amide bonds. The summed E-state index contributed by atoms with van der Waals surface area (Å²) in [6.07, 6.45) is 0. The molecule has 1 N–H and O–H groups in total. The van der Waals surface area contributed by atoms with Crippen LogP contribution in [0.25, 0.3) is 28.2 Å². The Hall–Kier alpha value is -3.66. The first-order valence-electron chi connectivity index (χ1n) is 8.69. The standard InChI is InChI=1S/C23H18N2O2/c1-16-11-13-17(14-12-16)21-15-20(19-9-5-6-10-22(26)23(19)27)24-25(21)18-7-3-2-4-8-18/h2-15H,1H3,(H,26,27). The molecule has 132 valence electrons. The van der Waals surface area contributed by atoms with Gasteiger partial charge in [-0.05, 0) is 37.3 Å². The second-order valence-corrected chi connectivity index (χ2v) is 6.37. The maximum Gasteiger partial charge on any atom is 0.220 e. The van der Waals surface area contributed by atoms with E-state index in [1.807, 2.05) is 72.3 Å². The third-order valence-electron chi connectivity index (χ3n) is 4.44. The molecular formula is C23H18N2O2. The van der Waals surface area contributed by atoms with Crippen LogP contribution in [0.5, 0.6) is 5.75 Å². The summed E-state index contributed by atoms with van der Waals surface area (Å²) in [5, 5.41) is 15.0. The first-order valence-corrected chi connectivity index (χ1v) is 8.69. The van der Waals surface area contributed by atoms with E-state index in [0.717, 1.165) is 16.9 Å². The molecule has 0 aliphatic rings. The second-order valence-electron chi connectivity index (χ2n) is 6.37. The molecule has 0 aliphatic carbocycles. The molecule has 4 rings (SSSR count). The summed E-state index contributed by atoms with van der Waals surface area (Å²) in [7, 11) is 0. The smallest absolute Gasteiger partial charge is 0.220 e. The van der Waals surface area contributed by atoms with Crippen molar-refractivity contribution >= 4 is 0 Å². The molecule has 4 heteroatoms. The highest BCUT2D eigenvalue weighted by atomic mass is 16.3. The summed E-state index contributed by atoms with van der Waals surface area (Å²) in [5.41, 5.74) is 4.49. The number of hydrogen-bond acceptors (Lipinski definition) is 3. The summed E-state index contributed by atoms with van der Waals surface area (Å²) < 4.78 is 1.83. The van der Waals surface area contributed by atoms with Crippen LogP contribution in [0.4, 0.5) is 0 Å². The van der Waals surface area contributed by atoms with E-state index >= 15 is 0 Å². The molecule has 4 nitrogen and oxygen atoms in total. The lowest BCUT2D eigenvalue weighted by molar-refractivity contribution is 0.473. The highest BCUT2D eigenvalue weighted by molar-refractivity contribution is 5.73. The van der Waals surface area contributed by atoms with Gasteiger partial charge in [0.15, 0.2) is 5.75 Å². The number of aromatic hydroxyl groups is 1. The van der Waals surface area contributed by atoms with Gasteiger partial charge < -0.3 is 5.11 Å². The zero-order valence-electron chi connectivity index (χ0n) is 14.8. The van der Waals surface area contributed by atoms with Crippen molar-refractivity contribution in [1.82, 2.24) is 9.78 Å². The van der Waals surface area contributed by atoms with Gasteiger partial charge in [-0.25, -0.2) is 4.68 Å². The Balaban J connectivity index is 1.97. The van der Waals surface area contributed by atoms with Gasteiger partial charge in [0, 0.05) is 11.1 Å². The van der Waals surface area contributed by atoms with Gasteiger partial charge in [0.25, 0.3) is 0 Å². The number of aromatic nitrogens is 2. The van der Waals surface area contributed by atoms with Crippen molar-refractivity contribution in [2.75, 3.05) is 0 Å². The minimum atomic E-state index is -0.429. The molecular weight excluding hydrogens is 336 g/mol. The van der Waals surface area contributed by atoms with Crippen LogP contribution in [-0.4, -0.2) is 14.9 Å². The molecule has 0 saturated heterocycles. The number of nitrogens with zero attached hydrogens (tertiary/aromatic N) is 2. The second kappa shape index (κ2) is 6.92. The molecule has 0 bridgehead atoms. The van der Waals surface area contributed by atoms with Gasteiger partial charge in [0.2, 0.25) is 5.43 Å². The minimum absolute atomic E-state index is 0.298. The predicted octanol–water partition coefficient (Wildman–Crippen LogP) is 4.58. The predicted molar refractivity (Wildman–Crippen MR) is 107 cm³/mol. The molecule has 27 heavy (non-hydrogen) atoms. The molecule has 0 unspecified atom stereocenters. The average Bonchev–Trinajstić information content (AvgIpc) is 3.06. The zero-order valence-corrected chi connectivity index (χ0v) is 14.8. The van der Waals surface area contributed by atoms with Crippen molar-refractivity contribution in [3.63, 3.8) is 0 Å². The lowest BCUT2D eigenvalue weighted by Crippen LogP contribution is -1.99. The number of para-hydroxylation sites is 1. The van der Waals surface area contributed by atoms with Crippen LogP contribution in [0.1, 0.15) is 5.56 Å². The quantitative estimate of drug-likeness (QED) is 0.586. The SMILES string of the molecule is Cc1ccc(-c2cc(-c3ccccc(=O)c3O)nn2-c2ccccc2)cc1. The van der Waals surface area contributed by atoms with E-state index in [1.165, 1.54) is 11.6 Å². The van der Waals surface area contributed by atoms with Gasteiger partial charge in [0.05, 0.1) is 17.1 Å². The normalized spacial score (nSPS) is 10.7. The van der Waals surface area contributed by atoms with Crippen molar-refractivity contribution in [3.05, 3.63) is 101 Å². The molecule has 0 spiro atoms. The Labute approximate surface area is 157 Å². The molecule has 0 atom stereocenters. The summed E-state index contributed by atoms with van der Waals surface area (Å²) in [4.78, 5) is 12.0. The Kier molecular flexibility index (Phi) is 4.30. The maximum absolute atomic E-state index is 12.0. The molecule has 1 heterocycles. The fraction of sp³-hybridized carbons (Fsp3) is 0.0435. The molecule has 0 aliphatic heterocycles. The Morgan fingerprint density at radius 3 is 2.26 bits per heavy atom. The van der Waals surface area contributed by atoms with Crippen molar-refractivity contribution in [1.29, 1.82) is 0 Å². The average molecular weight is 354 g/mol. The van der Waals surface area contributed by atoms with E-state index in [1.54, 1.807) is 18.2 Å². The summed E-state index contributed by atoms with van der Waals surface area (Å²) in [6.45, 7) is 2.04. The van der Waals surface area contributed by atoms with Crippen LogP contribution in [0, 0.1) is 6.92 Å². The molecule has 0 saturated carbocycles.